The maximum atomic E-state index is 13.7. The first-order valence-electron chi connectivity index (χ1n) is 5.98. The van der Waals surface area contributed by atoms with E-state index < -0.39 is 41.2 Å². The fourth-order valence-corrected chi connectivity index (χ4v) is 2.25. The van der Waals surface area contributed by atoms with Crippen molar-refractivity contribution >= 4 is 11.9 Å². The second kappa shape index (κ2) is 5.16. The van der Waals surface area contributed by atoms with Gasteiger partial charge in [0.25, 0.3) is 5.91 Å². The van der Waals surface area contributed by atoms with Crippen LogP contribution in [-0.4, -0.2) is 45.7 Å². The van der Waals surface area contributed by atoms with Crippen molar-refractivity contribution in [3.8, 4) is 0 Å². The average Bonchev–Trinajstić information content (AvgIpc) is 2.75. The molecule has 0 bridgehead atoms. The van der Waals surface area contributed by atoms with Crippen molar-refractivity contribution in [2.45, 2.75) is 25.5 Å². The van der Waals surface area contributed by atoms with Crippen molar-refractivity contribution in [1.29, 1.82) is 0 Å². The maximum Gasteiger partial charge on any atom is 0.326 e. The first-order valence-corrected chi connectivity index (χ1v) is 5.98. The lowest BCUT2D eigenvalue weighted by Gasteiger charge is -2.21. The quantitative estimate of drug-likeness (QED) is 0.847. The van der Waals surface area contributed by atoms with Crippen LogP contribution in [0.3, 0.4) is 0 Å². The number of carbonyl (C=O) groups is 2. The van der Waals surface area contributed by atoms with Crippen molar-refractivity contribution in [3.05, 3.63) is 34.9 Å². The zero-order valence-corrected chi connectivity index (χ0v) is 10.6. The van der Waals surface area contributed by atoms with Gasteiger partial charge in [0.1, 0.15) is 17.7 Å². The molecule has 1 amide bonds. The summed E-state index contributed by atoms with van der Waals surface area (Å²) < 4.78 is 26.8. The van der Waals surface area contributed by atoms with E-state index in [0.29, 0.717) is 6.07 Å². The third-order valence-corrected chi connectivity index (χ3v) is 3.30. The smallest absolute Gasteiger partial charge is 0.326 e. The van der Waals surface area contributed by atoms with E-state index in [9.17, 15) is 23.5 Å². The van der Waals surface area contributed by atoms with Crippen LogP contribution in [0.4, 0.5) is 8.78 Å². The first kappa shape index (κ1) is 14.4. The summed E-state index contributed by atoms with van der Waals surface area (Å²) >= 11 is 0. The molecule has 1 aliphatic rings. The number of nitrogens with zero attached hydrogens (tertiary/aromatic N) is 1. The van der Waals surface area contributed by atoms with Crippen LogP contribution < -0.4 is 0 Å². The van der Waals surface area contributed by atoms with Crippen molar-refractivity contribution in [2.24, 2.45) is 0 Å². The van der Waals surface area contributed by atoms with Crippen LogP contribution in [0.25, 0.3) is 0 Å². The van der Waals surface area contributed by atoms with Gasteiger partial charge in [0.2, 0.25) is 0 Å². The van der Waals surface area contributed by atoms with Crippen molar-refractivity contribution < 1.29 is 28.6 Å². The Balaban J connectivity index is 2.36. The number of benzene rings is 1. The molecular weight excluding hydrogens is 272 g/mol. The number of hydrogen-bond acceptors (Lipinski definition) is 3. The Morgan fingerprint density at radius 1 is 1.30 bits per heavy atom. The second-order valence-electron chi connectivity index (χ2n) is 4.78. The van der Waals surface area contributed by atoms with Gasteiger partial charge >= 0.3 is 5.97 Å². The van der Waals surface area contributed by atoms with Gasteiger partial charge in [-0.05, 0) is 18.6 Å². The van der Waals surface area contributed by atoms with E-state index in [1.165, 1.54) is 6.92 Å². The molecule has 20 heavy (non-hydrogen) atoms. The number of aliphatic hydroxyl groups excluding tert-OH is 1. The van der Waals surface area contributed by atoms with Gasteiger partial charge in [0.05, 0.1) is 11.7 Å². The fourth-order valence-electron chi connectivity index (χ4n) is 2.25. The number of carboxylic acid groups (broad SMARTS) is 1. The maximum absolute atomic E-state index is 13.7. The highest BCUT2D eigenvalue weighted by molar-refractivity contribution is 5.97. The van der Waals surface area contributed by atoms with E-state index >= 15 is 0 Å². The number of β-amino-alcohol motifs (C(OH)–C–C–N with tert-alkyl or cyclic N) is 1. The molecular formula is C13H13F2NO4. The number of hydrogen-bond donors (Lipinski definition) is 2. The van der Waals surface area contributed by atoms with Crippen LogP contribution >= 0.6 is 0 Å². The molecule has 0 spiro atoms. The molecule has 2 atom stereocenters. The molecule has 0 aliphatic carbocycles. The summed E-state index contributed by atoms with van der Waals surface area (Å²) in [6, 6.07) is 0.420. The molecule has 2 rings (SSSR count). The van der Waals surface area contributed by atoms with Crippen molar-refractivity contribution in [1.82, 2.24) is 4.90 Å². The molecule has 0 aromatic heterocycles. The minimum absolute atomic E-state index is 0.0846. The Labute approximate surface area is 113 Å². The Hall–Kier alpha value is -2.02. The summed E-state index contributed by atoms with van der Waals surface area (Å²) in [6.45, 7) is 1.19. The minimum atomic E-state index is -1.27. The molecule has 7 heteroatoms. The van der Waals surface area contributed by atoms with Gasteiger partial charge in [-0.2, -0.15) is 0 Å². The lowest BCUT2D eigenvalue weighted by atomic mass is 10.1. The summed E-state index contributed by atoms with van der Waals surface area (Å²) in [5.74, 6) is -3.97. The predicted molar refractivity (Wildman–Crippen MR) is 64.2 cm³/mol. The number of halogens is 2. The molecule has 0 saturated carbocycles. The number of amides is 1. The highest BCUT2D eigenvalue weighted by atomic mass is 19.1. The van der Waals surface area contributed by atoms with Gasteiger partial charge in [-0.3, -0.25) is 4.79 Å². The van der Waals surface area contributed by atoms with E-state index in [-0.39, 0.29) is 18.5 Å². The second-order valence-corrected chi connectivity index (χ2v) is 4.78. The summed E-state index contributed by atoms with van der Waals surface area (Å²) in [4.78, 5) is 24.1. The zero-order chi connectivity index (χ0) is 15.0. The van der Waals surface area contributed by atoms with E-state index in [4.69, 9.17) is 5.11 Å². The third-order valence-electron chi connectivity index (χ3n) is 3.30. The highest BCUT2D eigenvalue weighted by Gasteiger charge is 2.40. The number of aliphatic carboxylic acids is 1. The topological polar surface area (TPSA) is 77.8 Å². The van der Waals surface area contributed by atoms with E-state index in [1.807, 2.05) is 0 Å². The third kappa shape index (κ3) is 2.49. The summed E-state index contributed by atoms with van der Waals surface area (Å²) in [5, 5.41) is 18.5. The summed E-state index contributed by atoms with van der Waals surface area (Å²) in [7, 11) is 0. The molecule has 1 heterocycles. The predicted octanol–water partition coefficient (Wildman–Crippen LogP) is 0.933. The first-order chi connectivity index (χ1) is 9.31. The monoisotopic (exact) mass is 285 g/mol. The van der Waals surface area contributed by atoms with Crippen LogP contribution in [0.1, 0.15) is 22.3 Å². The zero-order valence-electron chi connectivity index (χ0n) is 10.6. The molecule has 1 aliphatic heterocycles. The Morgan fingerprint density at radius 2 is 1.95 bits per heavy atom. The van der Waals surface area contributed by atoms with Gasteiger partial charge in [0.15, 0.2) is 0 Å². The molecule has 1 aromatic carbocycles. The molecule has 1 saturated heterocycles. The lowest BCUT2D eigenvalue weighted by Crippen LogP contribution is -2.41. The van der Waals surface area contributed by atoms with Crippen LogP contribution in [0, 0.1) is 18.6 Å². The van der Waals surface area contributed by atoms with Gasteiger partial charge in [-0.25, -0.2) is 13.6 Å². The molecule has 0 unspecified atom stereocenters. The molecule has 108 valence electrons. The molecule has 2 N–H and O–H groups in total. The number of likely N-dealkylation sites (tertiary alicyclic amines) is 1. The van der Waals surface area contributed by atoms with Gasteiger partial charge < -0.3 is 15.1 Å². The van der Waals surface area contributed by atoms with E-state index in [2.05, 4.69) is 0 Å². The minimum Gasteiger partial charge on any atom is -0.480 e. The molecule has 5 nitrogen and oxygen atoms in total. The Bertz CT molecular complexity index is 576. The number of carboxylic acids is 1. The lowest BCUT2D eigenvalue weighted by molar-refractivity contribution is -0.141. The van der Waals surface area contributed by atoms with Crippen molar-refractivity contribution in [2.75, 3.05) is 6.54 Å². The highest BCUT2D eigenvalue weighted by Crippen LogP contribution is 2.23. The number of aliphatic hydroxyl groups is 1. The molecule has 0 radical (unpaired) electrons. The van der Waals surface area contributed by atoms with Crippen LogP contribution in [0.5, 0.6) is 0 Å². The van der Waals surface area contributed by atoms with Gasteiger partial charge in [-0.1, -0.05) is 0 Å². The van der Waals surface area contributed by atoms with E-state index in [1.54, 1.807) is 0 Å². The largest absolute Gasteiger partial charge is 0.480 e. The number of rotatable bonds is 2. The SMILES string of the molecule is Cc1cc(C(=O)N2C[C@H](O)C[C@H]2C(=O)O)c(F)cc1F. The van der Waals surface area contributed by atoms with Crippen LogP contribution in [-0.2, 0) is 4.79 Å². The van der Waals surface area contributed by atoms with Crippen LogP contribution in [0.2, 0.25) is 0 Å². The average molecular weight is 285 g/mol. The normalized spacial score (nSPS) is 22.1. The van der Waals surface area contributed by atoms with Crippen LogP contribution in [0.15, 0.2) is 12.1 Å². The van der Waals surface area contributed by atoms with Gasteiger partial charge in [-0.15, -0.1) is 0 Å². The Kier molecular flexibility index (Phi) is 3.71. The molecule has 1 aromatic rings. The fraction of sp³-hybridized carbons (Fsp3) is 0.385. The molecule has 1 fully saturated rings. The summed E-state index contributed by atoms with van der Waals surface area (Å²) in [5.41, 5.74) is -0.314. The Morgan fingerprint density at radius 3 is 2.55 bits per heavy atom. The summed E-state index contributed by atoms with van der Waals surface area (Å²) in [6.07, 6.45) is -1.08. The number of carbonyl (C=O) groups excluding carboxylic acids is 1. The van der Waals surface area contributed by atoms with Crippen molar-refractivity contribution in [3.63, 3.8) is 0 Å². The standard InChI is InChI=1S/C13H13F2NO4/c1-6-2-8(10(15)4-9(6)14)12(18)16-5-7(17)3-11(16)13(19)20/h2,4,7,11,17H,3,5H2,1H3,(H,19,20)/t7-,11+/m1/s1. The van der Waals surface area contributed by atoms with E-state index in [0.717, 1.165) is 11.0 Å². The van der Waals surface area contributed by atoms with Gasteiger partial charge in [0, 0.05) is 19.0 Å². The number of aryl methyl sites for hydroxylation is 1.